The summed E-state index contributed by atoms with van der Waals surface area (Å²) < 4.78 is 31.9. The van der Waals surface area contributed by atoms with E-state index in [4.69, 9.17) is 15.9 Å². The normalized spacial score (nSPS) is 8.29. The van der Waals surface area contributed by atoms with Gasteiger partial charge in [0.25, 0.3) is 0 Å². The second-order valence-corrected chi connectivity index (χ2v) is 1.85. The molecule has 0 fully saturated rings. The van der Waals surface area contributed by atoms with E-state index in [1.165, 1.54) is 0 Å². The van der Waals surface area contributed by atoms with E-state index in [1.807, 2.05) is 0 Å². The summed E-state index contributed by atoms with van der Waals surface area (Å²) in [5.41, 5.74) is 0. The molecule has 0 aromatic carbocycles. The second kappa shape index (κ2) is 6.43. The van der Waals surface area contributed by atoms with E-state index in [0.29, 0.717) is 0 Å². The van der Waals surface area contributed by atoms with Crippen LogP contribution in [-0.4, -0.2) is 8.32 Å². The summed E-state index contributed by atoms with van der Waals surface area (Å²) >= 11 is -5.25. The molecule has 0 bridgehead atoms. The van der Waals surface area contributed by atoms with E-state index in [-0.39, 0.29) is 72.3 Å². The van der Waals surface area contributed by atoms with Crippen molar-refractivity contribution in [1.29, 1.82) is 0 Å². The predicted molar refractivity (Wildman–Crippen MR) is 6.92 cm³/mol. The zero-order valence-corrected chi connectivity index (χ0v) is 11.2. The predicted octanol–water partition coefficient (Wildman–Crippen LogP) is -4.24. The zero-order chi connectivity index (χ0) is 4.50. The third-order valence-corrected chi connectivity index (χ3v) is 0. The van der Waals surface area contributed by atoms with Gasteiger partial charge >= 0.3 is 80.9 Å². The molecule has 0 aromatic rings. The van der Waals surface area contributed by atoms with Gasteiger partial charge < -0.3 is 1.43 Å². The molecule has 0 aromatic heterocycles. The Hall–Kier alpha value is 2.31. The van der Waals surface area contributed by atoms with Gasteiger partial charge in [-0.25, -0.2) is 0 Å². The Labute approximate surface area is 99.7 Å². The molecular formula is H3CrKO4Zn. The molecule has 7 heavy (non-hydrogen) atoms. The van der Waals surface area contributed by atoms with Crippen LogP contribution < -0.4 is 51.4 Å². The van der Waals surface area contributed by atoms with Gasteiger partial charge in [0.2, 0.25) is 0 Å². The zero-order valence-electron chi connectivity index (χ0n) is 4.83. The van der Waals surface area contributed by atoms with Crippen LogP contribution in [0.4, 0.5) is 0 Å². The first-order valence-electron chi connectivity index (χ1n) is 0.698. The van der Waals surface area contributed by atoms with Gasteiger partial charge in [-0.1, -0.05) is 0 Å². The minimum Gasteiger partial charge on any atom is 0 e. The van der Waals surface area contributed by atoms with Gasteiger partial charge in [0.1, 0.15) is 0 Å². The molecule has 0 radical (unpaired) electrons. The monoisotopic (exact) mass is 222 g/mol. The maximum absolute atomic E-state index is 8.82. The molecule has 0 heterocycles. The van der Waals surface area contributed by atoms with Gasteiger partial charge in [0.05, 0.1) is 0 Å². The Kier molecular flexibility index (Phi) is 14.8. The second-order valence-electron chi connectivity index (χ2n) is 0.448. The van der Waals surface area contributed by atoms with Crippen LogP contribution in [-0.2, 0) is 40.7 Å². The van der Waals surface area contributed by atoms with Crippen molar-refractivity contribution in [3.63, 3.8) is 0 Å². The van der Waals surface area contributed by atoms with Gasteiger partial charge in [-0.2, -0.15) is 0 Å². The fourth-order valence-electron chi connectivity index (χ4n) is 0. The van der Waals surface area contributed by atoms with Crippen molar-refractivity contribution >= 4 is 0 Å². The Morgan fingerprint density at radius 3 is 1.29 bits per heavy atom. The third-order valence-electron chi connectivity index (χ3n) is 0. The van der Waals surface area contributed by atoms with E-state index < -0.39 is 13.6 Å². The Morgan fingerprint density at radius 2 is 1.29 bits per heavy atom. The molecule has 0 aliphatic rings. The van der Waals surface area contributed by atoms with Gasteiger partial charge in [-0.05, 0) is 0 Å². The van der Waals surface area contributed by atoms with E-state index in [2.05, 4.69) is 0 Å². The van der Waals surface area contributed by atoms with Gasteiger partial charge in [-0.3, -0.25) is 0 Å². The van der Waals surface area contributed by atoms with Crippen molar-refractivity contribution in [2.24, 2.45) is 0 Å². The van der Waals surface area contributed by atoms with Crippen LogP contribution >= 0.6 is 0 Å². The average molecular weight is 224 g/mol. The molecule has 0 saturated heterocycles. The quantitative estimate of drug-likeness (QED) is 0.408. The van der Waals surface area contributed by atoms with E-state index in [0.717, 1.165) is 0 Å². The molecule has 0 saturated carbocycles. The summed E-state index contributed by atoms with van der Waals surface area (Å²) in [4.78, 5) is 0. The summed E-state index contributed by atoms with van der Waals surface area (Å²) in [6, 6.07) is 0. The number of hydrogen-bond acceptors (Lipinski definition) is 2. The van der Waals surface area contributed by atoms with Crippen molar-refractivity contribution in [2.75, 3.05) is 0 Å². The molecule has 0 amide bonds. The Bertz CT molecular complexity index is 99.2. The third kappa shape index (κ3) is 61.9. The Morgan fingerprint density at radius 1 is 1.29 bits per heavy atom. The van der Waals surface area contributed by atoms with Gasteiger partial charge in [0, 0.05) is 19.5 Å². The molecule has 0 unspecified atom stereocenters. The van der Waals surface area contributed by atoms with E-state index in [9.17, 15) is 0 Å². The minimum absolute atomic E-state index is 0. The molecular weight excluding hydrogens is 220 g/mol. The first-order valence-corrected chi connectivity index (χ1v) is 2.88. The topological polar surface area (TPSA) is 74.6 Å². The standard InChI is InChI=1S/Cr.K.2H2O.2O.Zn.H/h;;2*1H2;;;;/q+2;+1;;;;;;-1/p-2. The van der Waals surface area contributed by atoms with Crippen LogP contribution in [0.5, 0.6) is 0 Å². The van der Waals surface area contributed by atoms with Crippen molar-refractivity contribution < 1.29 is 102 Å². The van der Waals surface area contributed by atoms with E-state index >= 15 is 0 Å². The summed E-state index contributed by atoms with van der Waals surface area (Å²) in [7, 11) is 0. The van der Waals surface area contributed by atoms with Crippen LogP contribution in [0, 0.1) is 0 Å². The van der Waals surface area contributed by atoms with E-state index in [1.54, 1.807) is 0 Å². The van der Waals surface area contributed by atoms with Gasteiger partial charge in [-0.15, -0.1) is 0 Å². The molecule has 0 aliphatic carbocycles. The first kappa shape index (κ1) is 16.1. The number of rotatable bonds is 0. The van der Waals surface area contributed by atoms with Crippen molar-refractivity contribution in [2.45, 2.75) is 0 Å². The molecule has 2 N–H and O–H groups in total. The van der Waals surface area contributed by atoms with Crippen LogP contribution in [0.15, 0.2) is 0 Å². The maximum Gasteiger partial charge on any atom is 0 e. The minimum atomic E-state index is -5.25. The SMILES string of the molecule is [H-].[K+].[O]=[Cr](=[O])([OH])[OH].[Zn]. The number of hydrogen-bond donors (Lipinski definition) is 2. The van der Waals surface area contributed by atoms with Gasteiger partial charge in [0.15, 0.2) is 0 Å². The van der Waals surface area contributed by atoms with Crippen LogP contribution in [0.2, 0.25) is 0 Å². The molecule has 0 spiro atoms. The molecule has 7 heteroatoms. The largest absolute Gasteiger partial charge is 0 e. The van der Waals surface area contributed by atoms with Crippen molar-refractivity contribution in [3.05, 3.63) is 0 Å². The molecule has 36 valence electrons. The molecule has 4 nitrogen and oxygen atoms in total. The summed E-state index contributed by atoms with van der Waals surface area (Å²) in [5, 5.41) is 0. The molecule has 0 aliphatic heterocycles. The van der Waals surface area contributed by atoms with Crippen LogP contribution in [0.1, 0.15) is 1.43 Å². The molecule has 0 rings (SSSR count). The summed E-state index contributed by atoms with van der Waals surface area (Å²) in [6.07, 6.45) is 0. The fourth-order valence-corrected chi connectivity index (χ4v) is 0. The van der Waals surface area contributed by atoms with Crippen LogP contribution in [0.3, 0.4) is 0 Å². The van der Waals surface area contributed by atoms with Crippen molar-refractivity contribution in [3.8, 4) is 0 Å². The summed E-state index contributed by atoms with van der Waals surface area (Å²) in [6.45, 7) is 0. The smallest absolute Gasteiger partial charge is 0 e. The summed E-state index contributed by atoms with van der Waals surface area (Å²) in [5.74, 6) is 0. The first-order chi connectivity index (χ1) is 2.00. The fraction of sp³-hybridized carbons (Fsp3) is 0. The van der Waals surface area contributed by atoms with Crippen LogP contribution in [0.25, 0.3) is 0 Å². The Balaban J connectivity index is -0.0000000267. The maximum atomic E-state index is 8.82. The average Bonchev–Trinajstić information content (AvgIpc) is 0.722. The van der Waals surface area contributed by atoms with Crippen molar-refractivity contribution in [1.82, 2.24) is 0 Å². The molecule has 0 atom stereocenters.